The molecular weight excluding hydrogens is 314 g/mol. The number of unbranched alkanes of at least 4 members (excludes halogenated alkanes) is 3. The molecule has 1 aliphatic heterocycles. The van der Waals surface area contributed by atoms with Crippen molar-refractivity contribution in [3.8, 4) is 0 Å². The highest BCUT2D eigenvalue weighted by molar-refractivity contribution is 8.18. The molecule has 1 N–H and O–H groups in total. The van der Waals surface area contributed by atoms with Crippen LogP contribution >= 0.6 is 11.8 Å². The van der Waals surface area contributed by atoms with Crippen molar-refractivity contribution in [2.24, 2.45) is 0 Å². The van der Waals surface area contributed by atoms with Crippen LogP contribution in [0.4, 0.5) is 4.79 Å². The molecule has 1 aromatic rings. The molecule has 0 atom stereocenters. The summed E-state index contributed by atoms with van der Waals surface area (Å²) in [4.78, 5) is 36.3. The molecule has 1 aliphatic rings. The van der Waals surface area contributed by atoms with Crippen LogP contribution in [0, 0.1) is 0 Å². The molecule has 0 unspecified atom stereocenters. The predicted octanol–water partition coefficient (Wildman–Crippen LogP) is 3.76. The molecule has 1 aromatic carbocycles. The van der Waals surface area contributed by atoms with Crippen LogP contribution in [0.1, 0.15) is 37.7 Å². The van der Waals surface area contributed by atoms with Crippen molar-refractivity contribution in [3.05, 3.63) is 40.8 Å². The Hall–Kier alpha value is -2.08. The summed E-state index contributed by atoms with van der Waals surface area (Å²) in [6.07, 6.45) is 4.84. The summed E-state index contributed by atoms with van der Waals surface area (Å²) in [5.74, 6) is -1.03. The molecule has 1 saturated heterocycles. The van der Waals surface area contributed by atoms with E-state index in [0.29, 0.717) is 24.3 Å². The Morgan fingerprint density at radius 3 is 2.48 bits per heavy atom. The van der Waals surface area contributed by atoms with Crippen LogP contribution in [0.3, 0.4) is 0 Å². The van der Waals surface area contributed by atoms with Gasteiger partial charge in [-0.15, -0.1) is 0 Å². The van der Waals surface area contributed by atoms with Crippen molar-refractivity contribution in [2.45, 2.75) is 32.1 Å². The number of hydrogen-bond donors (Lipinski definition) is 1. The van der Waals surface area contributed by atoms with Gasteiger partial charge >= 0.3 is 5.97 Å². The molecule has 0 radical (unpaired) electrons. The van der Waals surface area contributed by atoms with Crippen molar-refractivity contribution < 1.29 is 19.5 Å². The third-order valence-corrected chi connectivity index (χ3v) is 4.40. The molecule has 2 rings (SSSR count). The first-order valence-corrected chi connectivity index (χ1v) is 8.42. The summed E-state index contributed by atoms with van der Waals surface area (Å²) in [6.45, 7) is 0.393. The molecule has 0 saturated carbocycles. The lowest BCUT2D eigenvalue weighted by molar-refractivity contribution is -0.137. The Balaban J connectivity index is 1.82. The Morgan fingerprint density at radius 2 is 1.78 bits per heavy atom. The fourth-order valence-corrected chi connectivity index (χ4v) is 3.16. The van der Waals surface area contributed by atoms with Crippen LogP contribution in [0.15, 0.2) is 35.2 Å². The first kappa shape index (κ1) is 17.3. The number of nitrogens with zero attached hydrogens (tertiary/aromatic N) is 1. The van der Waals surface area contributed by atoms with Gasteiger partial charge in [0.15, 0.2) is 0 Å². The summed E-state index contributed by atoms with van der Waals surface area (Å²) >= 11 is 0.970. The van der Waals surface area contributed by atoms with E-state index >= 15 is 0 Å². The quantitative estimate of drug-likeness (QED) is 0.579. The van der Waals surface area contributed by atoms with E-state index in [4.69, 9.17) is 5.11 Å². The zero-order valence-electron chi connectivity index (χ0n) is 12.7. The second-order valence-electron chi connectivity index (χ2n) is 5.30. The summed E-state index contributed by atoms with van der Waals surface area (Å²) in [5, 5.41) is 8.32. The predicted molar refractivity (Wildman–Crippen MR) is 89.8 cm³/mol. The summed E-state index contributed by atoms with van der Waals surface area (Å²) in [6, 6.07) is 9.43. The molecule has 6 heteroatoms. The van der Waals surface area contributed by atoms with Gasteiger partial charge in [-0.3, -0.25) is 19.3 Å². The Morgan fingerprint density at radius 1 is 1.09 bits per heavy atom. The van der Waals surface area contributed by atoms with Gasteiger partial charge in [0.1, 0.15) is 0 Å². The molecule has 0 aliphatic carbocycles. The van der Waals surface area contributed by atoms with Crippen LogP contribution in [0.2, 0.25) is 0 Å². The second kappa shape index (κ2) is 8.53. The molecule has 23 heavy (non-hydrogen) atoms. The van der Waals surface area contributed by atoms with Gasteiger partial charge in [0.05, 0.1) is 4.91 Å². The number of carboxylic acids is 1. The Labute approximate surface area is 139 Å². The second-order valence-corrected chi connectivity index (χ2v) is 6.30. The average molecular weight is 333 g/mol. The number of imide groups is 1. The summed E-state index contributed by atoms with van der Waals surface area (Å²) in [5.41, 5.74) is 0.895. The van der Waals surface area contributed by atoms with Crippen molar-refractivity contribution in [2.75, 3.05) is 6.54 Å². The maximum absolute atomic E-state index is 12.3. The lowest BCUT2D eigenvalue weighted by Crippen LogP contribution is -2.29. The highest BCUT2D eigenvalue weighted by atomic mass is 32.2. The fourth-order valence-electron chi connectivity index (χ4n) is 2.29. The van der Waals surface area contributed by atoms with E-state index in [1.54, 1.807) is 6.08 Å². The number of benzene rings is 1. The number of amides is 2. The van der Waals surface area contributed by atoms with E-state index in [2.05, 4.69) is 0 Å². The first-order chi connectivity index (χ1) is 11.1. The number of aliphatic carboxylic acids is 1. The van der Waals surface area contributed by atoms with E-state index < -0.39 is 5.97 Å². The van der Waals surface area contributed by atoms with Crippen LogP contribution in [-0.4, -0.2) is 33.7 Å². The highest BCUT2D eigenvalue weighted by Crippen LogP contribution is 2.32. The molecule has 5 nitrogen and oxygen atoms in total. The maximum Gasteiger partial charge on any atom is 0.303 e. The lowest BCUT2D eigenvalue weighted by atomic mass is 10.1. The number of rotatable bonds is 8. The minimum atomic E-state index is -0.790. The van der Waals surface area contributed by atoms with Crippen molar-refractivity contribution in [1.82, 2.24) is 4.90 Å². The minimum absolute atomic E-state index is 0.168. The van der Waals surface area contributed by atoms with Crippen LogP contribution in [0.25, 0.3) is 6.08 Å². The van der Waals surface area contributed by atoms with Crippen LogP contribution < -0.4 is 0 Å². The van der Waals surface area contributed by atoms with Gasteiger partial charge in [-0.2, -0.15) is 0 Å². The zero-order valence-corrected chi connectivity index (χ0v) is 13.6. The van der Waals surface area contributed by atoms with E-state index in [9.17, 15) is 14.4 Å². The Kier molecular flexibility index (Phi) is 6.40. The molecular formula is C17H19NO4S. The van der Waals surface area contributed by atoms with E-state index in [-0.39, 0.29) is 17.6 Å². The van der Waals surface area contributed by atoms with Crippen molar-refractivity contribution >= 4 is 35.0 Å². The molecule has 1 fully saturated rings. The van der Waals surface area contributed by atoms with Gasteiger partial charge in [0.2, 0.25) is 0 Å². The minimum Gasteiger partial charge on any atom is -0.481 e. The van der Waals surface area contributed by atoms with Gasteiger partial charge in [0, 0.05) is 13.0 Å². The largest absolute Gasteiger partial charge is 0.481 e. The van der Waals surface area contributed by atoms with E-state index in [1.165, 1.54) is 4.90 Å². The smallest absolute Gasteiger partial charge is 0.303 e. The summed E-state index contributed by atoms with van der Waals surface area (Å²) in [7, 11) is 0. The van der Waals surface area contributed by atoms with Crippen molar-refractivity contribution in [3.63, 3.8) is 0 Å². The zero-order chi connectivity index (χ0) is 16.7. The van der Waals surface area contributed by atoms with Gasteiger partial charge in [-0.05, 0) is 36.2 Å². The fraction of sp³-hybridized carbons (Fsp3) is 0.353. The van der Waals surface area contributed by atoms with Gasteiger partial charge in [-0.1, -0.05) is 43.2 Å². The first-order valence-electron chi connectivity index (χ1n) is 7.60. The van der Waals surface area contributed by atoms with Gasteiger partial charge in [-0.25, -0.2) is 0 Å². The maximum atomic E-state index is 12.3. The monoisotopic (exact) mass is 333 g/mol. The van der Waals surface area contributed by atoms with Crippen LogP contribution in [-0.2, 0) is 9.59 Å². The van der Waals surface area contributed by atoms with Crippen molar-refractivity contribution in [1.29, 1.82) is 0 Å². The standard InChI is InChI=1S/C17H19NO4S/c19-15(20)10-6-1-2-7-11-18-16(21)14(23-17(18)22)12-13-8-4-3-5-9-13/h3-5,8-9,12H,1-2,6-7,10-11H2,(H,19,20). The molecule has 1 heterocycles. The number of carbonyl (C=O) groups is 3. The normalized spacial score (nSPS) is 16.3. The molecule has 122 valence electrons. The van der Waals surface area contributed by atoms with Crippen LogP contribution in [0.5, 0.6) is 0 Å². The number of hydrogen-bond acceptors (Lipinski definition) is 4. The molecule has 2 amide bonds. The van der Waals surface area contributed by atoms with Gasteiger partial charge in [0.25, 0.3) is 11.1 Å². The highest BCUT2D eigenvalue weighted by Gasteiger charge is 2.34. The molecule has 0 spiro atoms. The molecule has 0 aromatic heterocycles. The number of carbonyl (C=O) groups excluding carboxylic acids is 2. The average Bonchev–Trinajstić information content (AvgIpc) is 2.78. The number of carboxylic acid groups (broad SMARTS) is 1. The third-order valence-electron chi connectivity index (χ3n) is 3.49. The Bertz CT molecular complexity index is 612. The number of thioether (sulfide) groups is 1. The van der Waals surface area contributed by atoms with E-state index in [0.717, 1.165) is 30.2 Å². The van der Waals surface area contributed by atoms with E-state index in [1.807, 2.05) is 30.3 Å². The third kappa shape index (κ3) is 5.25. The molecule has 0 bridgehead atoms. The lowest BCUT2D eigenvalue weighted by Gasteiger charge is -2.11. The van der Waals surface area contributed by atoms with Gasteiger partial charge < -0.3 is 5.11 Å². The summed E-state index contributed by atoms with van der Waals surface area (Å²) < 4.78 is 0. The topological polar surface area (TPSA) is 74.7 Å². The SMILES string of the molecule is O=C(O)CCCCCCN1C(=O)SC(=Cc2ccccc2)C1=O.